The largest absolute Gasteiger partial charge is 0.481 e. The molecule has 0 saturated heterocycles. The Hall–Kier alpha value is -2.52. The molecule has 0 aromatic heterocycles. The van der Waals surface area contributed by atoms with E-state index in [1.54, 1.807) is 35.1 Å². The maximum Gasteiger partial charge on any atom is 0.304 e. The van der Waals surface area contributed by atoms with Gasteiger partial charge in [0, 0.05) is 43.4 Å². The number of hydrogen-bond donors (Lipinski definition) is 2. The number of aliphatic carboxylic acids is 1. The van der Waals surface area contributed by atoms with Crippen LogP contribution in [-0.4, -0.2) is 49.1 Å². The maximum absolute atomic E-state index is 12.1. The molecule has 2 aromatic carbocycles. The summed E-state index contributed by atoms with van der Waals surface area (Å²) >= 11 is 0. The zero-order chi connectivity index (χ0) is 21.1. The number of carbonyl (C=O) groups is 2. The number of anilines is 1. The van der Waals surface area contributed by atoms with Crippen LogP contribution in [0.5, 0.6) is 0 Å². The van der Waals surface area contributed by atoms with Crippen LogP contribution in [0.4, 0.5) is 17.1 Å². The lowest BCUT2D eigenvalue weighted by atomic mass is 10.2. The number of azo groups is 1. The quantitative estimate of drug-likeness (QED) is 0.302. The van der Waals surface area contributed by atoms with Crippen LogP contribution in [0.2, 0.25) is 0 Å². The number of amides is 1. The number of rotatable bonds is 11. The van der Waals surface area contributed by atoms with Crippen molar-refractivity contribution in [3.05, 3.63) is 54.1 Å². The summed E-state index contributed by atoms with van der Waals surface area (Å²) in [4.78, 5) is 24.6. The van der Waals surface area contributed by atoms with Gasteiger partial charge in [-0.05, 0) is 48.5 Å². The molecular weight excluding hydrogens is 408 g/mol. The first kappa shape index (κ1) is 22.8. The van der Waals surface area contributed by atoms with Gasteiger partial charge in [-0.1, -0.05) is 21.6 Å². The summed E-state index contributed by atoms with van der Waals surface area (Å²) in [5.41, 5.74) is 3.08. The highest BCUT2D eigenvalue weighted by Crippen LogP contribution is 2.22. The molecule has 0 fully saturated rings. The molecule has 7 nitrogen and oxygen atoms in total. The van der Waals surface area contributed by atoms with Crippen molar-refractivity contribution in [2.75, 3.05) is 37.0 Å². The monoisotopic (exact) mass is 432 g/mol. The van der Waals surface area contributed by atoms with Crippen molar-refractivity contribution in [3.63, 3.8) is 0 Å². The molecule has 9 heteroatoms. The van der Waals surface area contributed by atoms with Gasteiger partial charge in [0.2, 0.25) is 0 Å². The summed E-state index contributed by atoms with van der Waals surface area (Å²) in [6, 6.07) is 14.7. The van der Waals surface area contributed by atoms with Crippen molar-refractivity contribution in [3.8, 4) is 0 Å². The third kappa shape index (κ3) is 8.57. The fraction of sp³-hybridized carbons (Fsp3) is 0.300. The van der Waals surface area contributed by atoms with E-state index in [9.17, 15) is 9.59 Å². The minimum absolute atomic E-state index is 0.148. The molecule has 0 heterocycles. The van der Waals surface area contributed by atoms with Gasteiger partial charge in [-0.2, -0.15) is 10.2 Å². The Labute approximate surface area is 178 Å². The zero-order valence-corrected chi connectivity index (χ0v) is 18.0. The predicted molar refractivity (Wildman–Crippen MR) is 121 cm³/mol. The molecule has 2 N–H and O–H groups in total. The first-order valence-electron chi connectivity index (χ1n) is 8.99. The number of carboxylic acid groups (broad SMARTS) is 1. The van der Waals surface area contributed by atoms with Crippen molar-refractivity contribution in [1.29, 1.82) is 0 Å². The Morgan fingerprint density at radius 2 is 1.48 bits per heavy atom. The highest BCUT2D eigenvalue weighted by atomic mass is 33.1. The average Bonchev–Trinajstić information content (AvgIpc) is 2.72. The Balaban J connectivity index is 1.75. The summed E-state index contributed by atoms with van der Waals surface area (Å²) in [5.74, 6) is 0.333. The van der Waals surface area contributed by atoms with Gasteiger partial charge in [-0.3, -0.25) is 9.59 Å². The SMILES string of the molecule is CN(C)c1ccc(/N=N/c2ccc(C(=O)NCCSSCCC(=O)O)cc2)cc1. The van der Waals surface area contributed by atoms with Crippen LogP contribution in [0.3, 0.4) is 0 Å². The Kier molecular flexibility index (Phi) is 9.52. The van der Waals surface area contributed by atoms with Gasteiger partial charge >= 0.3 is 5.97 Å². The second-order valence-corrected chi connectivity index (χ2v) is 8.90. The van der Waals surface area contributed by atoms with E-state index in [2.05, 4.69) is 15.5 Å². The zero-order valence-electron chi connectivity index (χ0n) is 16.4. The maximum atomic E-state index is 12.1. The van der Waals surface area contributed by atoms with E-state index >= 15 is 0 Å². The van der Waals surface area contributed by atoms with Crippen molar-refractivity contribution >= 4 is 50.5 Å². The third-order valence-corrected chi connectivity index (χ3v) is 6.14. The number of hydrogen-bond acceptors (Lipinski definition) is 7. The van der Waals surface area contributed by atoms with Gasteiger partial charge in [0.1, 0.15) is 0 Å². The second-order valence-electron chi connectivity index (χ2n) is 6.20. The van der Waals surface area contributed by atoms with Crippen molar-refractivity contribution in [2.24, 2.45) is 10.2 Å². The minimum atomic E-state index is -0.795. The van der Waals surface area contributed by atoms with Gasteiger partial charge in [-0.15, -0.1) is 0 Å². The molecule has 29 heavy (non-hydrogen) atoms. The molecule has 2 rings (SSSR count). The van der Waals surface area contributed by atoms with Crippen LogP contribution in [0.15, 0.2) is 58.8 Å². The van der Waals surface area contributed by atoms with Crippen LogP contribution >= 0.6 is 21.6 Å². The lowest BCUT2D eigenvalue weighted by molar-refractivity contribution is -0.136. The first-order chi connectivity index (χ1) is 14.0. The van der Waals surface area contributed by atoms with Crippen LogP contribution < -0.4 is 10.2 Å². The van der Waals surface area contributed by atoms with E-state index in [1.165, 1.54) is 10.8 Å². The highest BCUT2D eigenvalue weighted by molar-refractivity contribution is 8.76. The molecule has 0 aliphatic rings. The topological polar surface area (TPSA) is 94.4 Å². The van der Waals surface area contributed by atoms with Crippen molar-refractivity contribution in [1.82, 2.24) is 5.32 Å². The lowest BCUT2D eigenvalue weighted by Gasteiger charge is -2.11. The van der Waals surface area contributed by atoms with Crippen LogP contribution in [0.1, 0.15) is 16.8 Å². The first-order valence-corrected chi connectivity index (χ1v) is 11.5. The van der Waals surface area contributed by atoms with Gasteiger partial charge in [-0.25, -0.2) is 0 Å². The Morgan fingerprint density at radius 1 is 0.931 bits per heavy atom. The van der Waals surface area contributed by atoms with Crippen LogP contribution in [0.25, 0.3) is 0 Å². The normalized spacial score (nSPS) is 10.8. The van der Waals surface area contributed by atoms with E-state index in [0.717, 1.165) is 17.1 Å². The summed E-state index contributed by atoms with van der Waals surface area (Å²) in [7, 11) is 7.01. The Morgan fingerprint density at radius 3 is 2.03 bits per heavy atom. The molecule has 2 aromatic rings. The third-order valence-electron chi connectivity index (χ3n) is 3.73. The molecule has 0 spiro atoms. The molecule has 0 unspecified atom stereocenters. The van der Waals surface area contributed by atoms with Crippen LogP contribution in [0, 0.1) is 0 Å². The highest BCUT2D eigenvalue weighted by Gasteiger charge is 2.05. The van der Waals surface area contributed by atoms with Gasteiger partial charge < -0.3 is 15.3 Å². The lowest BCUT2D eigenvalue weighted by Crippen LogP contribution is -2.25. The standard InChI is InChI=1S/C20H24N4O3S2/c1-24(2)18-9-7-17(8-10-18)23-22-16-5-3-15(4-6-16)20(27)21-12-14-29-28-13-11-19(25)26/h3-10H,11-14H2,1-2H3,(H,21,27)(H,25,26)/b23-22+. The second kappa shape index (κ2) is 12.1. The molecule has 154 valence electrons. The predicted octanol–water partition coefficient (Wildman–Crippen LogP) is 4.75. The average molecular weight is 433 g/mol. The molecular formula is C20H24N4O3S2. The van der Waals surface area contributed by atoms with Crippen molar-refractivity contribution < 1.29 is 14.7 Å². The molecule has 0 bridgehead atoms. The summed E-state index contributed by atoms with van der Waals surface area (Å²) in [5, 5.41) is 19.8. The van der Waals surface area contributed by atoms with Gasteiger partial charge in [0.15, 0.2) is 0 Å². The van der Waals surface area contributed by atoms with E-state index in [4.69, 9.17) is 5.11 Å². The number of benzene rings is 2. The smallest absolute Gasteiger partial charge is 0.304 e. The molecule has 0 saturated carbocycles. The Bertz CT molecular complexity index is 825. The number of nitrogens with zero attached hydrogens (tertiary/aromatic N) is 3. The van der Waals surface area contributed by atoms with Gasteiger partial charge in [0.05, 0.1) is 17.8 Å². The summed E-state index contributed by atoms with van der Waals surface area (Å²) < 4.78 is 0. The number of carboxylic acids is 1. The molecule has 0 aliphatic carbocycles. The molecule has 1 amide bonds. The molecule has 0 radical (unpaired) electrons. The summed E-state index contributed by atoms with van der Waals surface area (Å²) in [6.07, 6.45) is 0.148. The number of nitrogens with one attached hydrogen (secondary N) is 1. The fourth-order valence-electron chi connectivity index (χ4n) is 2.17. The minimum Gasteiger partial charge on any atom is -0.481 e. The summed E-state index contributed by atoms with van der Waals surface area (Å²) in [6.45, 7) is 0.522. The van der Waals surface area contributed by atoms with E-state index in [-0.39, 0.29) is 12.3 Å². The number of carbonyl (C=O) groups excluding carboxylic acids is 1. The van der Waals surface area contributed by atoms with E-state index in [0.29, 0.717) is 23.5 Å². The molecule has 0 aliphatic heterocycles. The van der Waals surface area contributed by atoms with Crippen LogP contribution in [-0.2, 0) is 4.79 Å². The van der Waals surface area contributed by atoms with Crippen molar-refractivity contribution in [2.45, 2.75) is 6.42 Å². The molecule has 0 atom stereocenters. The van der Waals surface area contributed by atoms with E-state index in [1.807, 2.05) is 43.3 Å². The van der Waals surface area contributed by atoms with E-state index < -0.39 is 5.97 Å². The fourth-order valence-corrected chi connectivity index (χ4v) is 4.05. The van der Waals surface area contributed by atoms with Gasteiger partial charge in [0.25, 0.3) is 5.91 Å².